The van der Waals surface area contributed by atoms with E-state index in [1.807, 2.05) is 48.5 Å². The first kappa shape index (κ1) is 36.4. The van der Waals surface area contributed by atoms with Crippen molar-refractivity contribution in [1.82, 2.24) is 4.98 Å². The van der Waals surface area contributed by atoms with Crippen LogP contribution in [0.25, 0.3) is 99.8 Å². The molecule has 0 spiro atoms. The lowest BCUT2D eigenvalue weighted by atomic mass is 9.92. The SMILES string of the molecule is c1ccc(-c2ccc(N(c3ccc(-c4ccc5ccccc5c4)cc3)c3ccc(-c4cc5oc6ccccc6c5c5nc(-c6ccccc6)oc45)c(-c4ccccc4)c3)cc2)cc1. The van der Waals surface area contributed by atoms with Crippen LogP contribution < -0.4 is 4.90 Å². The van der Waals surface area contributed by atoms with E-state index < -0.39 is 0 Å². The summed E-state index contributed by atoms with van der Waals surface area (Å²) < 4.78 is 13.4. The van der Waals surface area contributed by atoms with Crippen LogP contribution in [0.2, 0.25) is 0 Å². The van der Waals surface area contributed by atoms with Gasteiger partial charge in [-0.15, -0.1) is 0 Å². The third-order valence-electron chi connectivity index (χ3n) is 12.1. The highest BCUT2D eigenvalue weighted by atomic mass is 16.4. The summed E-state index contributed by atoms with van der Waals surface area (Å²) in [5, 5.41) is 4.42. The van der Waals surface area contributed by atoms with E-state index in [0.29, 0.717) is 5.89 Å². The molecule has 0 amide bonds. The van der Waals surface area contributed by atoms with Gasteiger partial charge in [0.1, 0.15) is 16.7 Å². The highest BCUT2D eigenvalue weighted by Crippen LogP contribution is 2.46. The predicted molar refractivity (Wildman–Crippen MR) is 261 cm³/mol. The molecule has 2 heterocycles. The molecule has 0 saturated carbocycles. The lowest BCUT2D eigenvalue weighted by molar-refractivity contribution is 0.620. The van der Waals surface area contributed by atoms with Gasteiger partial charge >= 0.3 is 0 Å². The molecular formula is C59H38N2O2. The molecule has 0 aliphatic carbocycles. The Morgan fingerprint density at radius 3 is 1.60 bits per heavy atom. The zero-order valence-corrected chi connectivity index (χ0v) is 34.2. The van der Waals surface area contributed by atoms with E-state index in [2.05, 4.69) is 187 Å². The number of para-hydroxylation sites is 1. The van der Waals surface area contributed by atoms with Crippen molar-refractivity contribution in [2.75, 3.05) is 4.90 Å². The molecule has 0 N–H and O–H groups in total. The largest absolute Gasteiger partial charge is 0.456 e. The fourth-order valence-corrected chi connectivity index (χ4v) is 9.00. The number of hydrogen-bond donors (Lipinski definition) is 0. The zero-order valence-electron chi connectivity index (χ0n) is 34.2. The van der Waals surface area contributed by atoms with Crippen LogP contribution >= 0.6 is 0 Å². The summed E-state index contributed by atoms with van der Waals surface area (Å²) in [5.74, 6) is 0.569. The van der Waals surface area contributed by atoms with Crippen LogP contribution in [-0.4, -0.2) is 4.98 Å². The molecule has 12 aromatic rings. The molecule has 4 nitrogen and oxygen atoms in total. The maximum absolute atomic E-state index is 6.83. The minimum atomic E-state index is 0.569. The Morgan fingerprint density at radius 1 is 0.333 bits per heavy atom. The van der Waals surface area contributed by atoms with Crippen LogP contribution in [-0.2, 0) is 0 Å². The molecule has 296 valence electrons. The highest BCUT2D eigenvalue weighted by Gasteiger charge is 2.24. The Labute approximate surface area is 364 Å². The van der Waals surface area contributed by atoms with Crippen molar-refractivity contribution in [3.8, 4) is 56.0 Å². The van der Waals surface area contributed by atoms with Crippen molar-refractivity contribution in [2.24, 2.45) is 0 Å². The van der Waals surface area contributed by atoms with E-state index in [4.69, 9.17) is 13.8 Å². The summed E-state index contributed by atoms with van der Waals surface area (Å²) in [6.45, 7) is 0. The van der Waals surface area contributed by atoms with E-state index in [0.717, 1.165) is 83.5 Å². The van der Waals surface area contributed by atoms with Crippen LogP contribution in [0.5, 0.6) is 0 Å². The summed E-state index contributed by atoms with van der Waals surface area (Å²) in [4.78, 5) is 7.53. The zero-order chi connectivity index (χ0) is 41.7. The molecule has 0 aliphatic heterocycles. The molecular weight excluding hydrogens is 769 g/mol. The molecule has 0 aliphatic rings. The van der Waals surface area contributed by atoms with E-state index in [1.54, 1.807) is 0 Å². The number of nitrogens with zero attached hydrogens (tertiary/aromatic N) is 2. The van der Waals surface area contributed by atoms with Gasteiger partial charge < -0.3 is 13.7 Å². The first-order valence-corrected chi connectivity index (χ1v) is 21.3. The van der Waals surface area contributed by atoms with Crippen molar-refractivity contribution < 1.29 is 8.83 Å². The minimum Gasteiger partial charge on any atom is -0.456 e. The Balaban J connectivity index is 1.05. The first-order valence-electron chi connectivity index (χ1n) is 21.3. The van der Waals surface area contributed by atoms with Crippen LogP contribution in [0.4, 0.5) is 17.1 Å². The Hall–Kier alpha value is -8.47. The molecule has 0 fully saturated rings. The molecule has 10 aromatic carbocycles. The summed E-state index contributed by atoms with van der Waals surface area (Å²) in [6.07, 6.45) is 0. The standard InChI is InChI=1S/C59H38N2O2/c1-4-14-39(15-5-1)41-26-30-47(31-27-41)61(48-32-28-42(29-33-48)46-25-24-40-16-10-11-21-45(40)36-46)49-34-35-50(52(37-49)43-17-6-2-7-18-43)53-38-55-56(51-22-12-13-23-54(51)62-55)57-58(53)63-59(60-57)44-19-8-3-9-20-44/h1-38H. The molecule has 0 atom stereocenters. The Kier molecular flexibility index (Phi) is 8.79. The minimum absolute atomic E-state index is 0.569. The Bertz CT molecular complexity index is 3590. The lowest BCUT2D eigenvalue weighted by Gasteiger charge is -2.27. The number of fused-ring (bicyclic) bond motifs is 6. The van der Waals surface area contributed by atoms with Gasteiger partial charge in [-0.05, 0) is 116 Å². The number of rotatable bonds is 8. The Morgan fingerprint density at radius 2 is 0.889 bits per heavy atom. The van der Waals surface area contributed by atoms with Crippen molar-refractivity contribution in [3.63, 3.8) is 0 Å². The molecule has 0 saturated heterocycles. The number of benzene rings is 10. The number of oxazole rings is 1. The van der Waals surface area contributed by atoms with Crippen LogP contribution in [0.15, 0.2) is 239 Å². The normalized spacial score (nSPS) is 11.5. The third kappa shape index (κ3) is 6.53. The molecule has 2 aromatic heterocycles. The predicted octanol–water partition coefficient (Wildman–Crippen LogP) is 16.7. The molecule has 0 bridgehead atoms. The van der Waals surface area contributed by atoms with Gasteiger partial charge in [-0.2, -0.15) is 0 Å². The van der Waals surface area contributed by atoms with Crippen molar-refractivity contribution in [3.05, 3.63) is 231 Å². The van der Waals surface area contributed by atoms with E-state index in [9.17, 15) is 0 Å². The first-order chi connectivity index (χ1) is 31.2. The summed E-state index contributed by atoms with van der Waals surface area (Å²) in [5.41, 5.74) is 15.9. The number of hydrogen-bond acceptors (Lipinski definition) is 4. The maximum Gasteiger partial charge on any atom is 0.227 e. The molecule has 0 radical (unpaired) electrons. The van der Waals surface area contributed by atoms with Crippen LogP contribution in [0, 0.1) is 0 Å². The van der Waals surface area contributed by atoms with Gasteiger partial charge in [0.2, 0.25) is 5.89 Å². The number of anilines is 3. The summed E-state index contributed by atoms with van der Waals surface area (Å²) in [6, 6.07) is 81.2. The fraction of sp³-hybridized carbons (Fsp3) is 0. The van der Waals surface area contributed by atoms with Crippen molar-refractivity contribution in [1.29, 1.82) is 0 Å². The topological polar surface area (TPSA) is 42.4 Å². The monoisotopic (exact) mass is 806 g/mol. The van der Waals surface area contributed by atoms with Crippen molar-refractivity contribution in [2.45, 2.75) is 0 Å². The van der Waals surface area contributed by atoms with Crippen LogP contribution in [0.3, 0.4) is 0 Å². The second kappa shape index (κ2) is 15.2. The highest BCUT2D eigenvalue weighted by molar-refractivity contribution is 6.20. The van der Waals surface area contributed by atoms with Gasteiger partial charge in [0.25, 0.3) is 0 Å². The van der Waals surface area contributed by atoms with E-state index in [-0.39, 0.29) is 0 Å². The molecule has 4 heteroatoms. The fourth-order valence-electron chi connectivity index (χ4n) is 9.00. The van der Waals surface area contributed by atoms with Crippen molar-refractivity contribution >= 4 is 60.9 Å². The second-order valence-corrected chi connectivity index (χ2v) is 15.9. The van der Waals surface area contributed by atoms with Gasteiger partial charge in [-0.25, -0.2) is 4.98 Å². The molecule has 12 rings (SSSR count). The average molecular weight is 807 g/mol. The summed E-state index contributed by atoms with van der Waals surface area (Å²) in [7, 11) is 0. The van der Waals surface area contributed by atoms with E-state index >= 15 is 0 Å². The number of furan rings is 1. The molecule has 63 heavy (non-hydrogen) atoms. The number of aromatic nitrogens is 1. The third-order valence-corrected chi connectivity index (χ3v) is 12.1. The second-order valence-electron chi connectivity index (χ2n) is 15.9. The van der Waals surface area contributed by atoms with E-state index in [1.165, 1.54) is 27.5 Å². The van der Waals surface area contributed by atoms with Gasteiger partial charge in [0.05, 0.1) is 5.39 Å². The smallest absolute Gasteiger partial charge is 0.227 e. The maximum atomic E-state index is 6.83. The quantitative estimate of drug-likeness (QED) is 0.153. The van der Waals surface area contributed by atoms with Gasteiger partial charge in [0.15, 0.2) is 5.58 Å². The van der Waals surface area contributed by atoms with Gasteiger partial charge in [0, 0.05) is 33.6 Å². The molecule has 0 unspecified atom stereocenters. The van der Waals surface area contributed by atoms with Gasteiger partial charge in [-0.1, -0.05) is 164 Å². The van der Waals surface area contributed by atoms with Crippen LogP contribution in [0.1, 0.15) is 0 Å². The van der Waals surface area contributed by atoms with Gasteiger partial charge in [-0.3, -0.25) is 0 Å². The average Bonchev–Trinajstić information content (AvgIpc) is 3.97. The lowest BCUT2D eigenvalue weighted by Crippen LogP contribution is -2.10. The summed E-state index contributed by atoms with van der Waals surface area (Å²) >= 11 is 0.